The number of hydrogen-bond donors (Lipinski definition) is 5. The number of nitrogens with two attached hydrogens (primary N) is 2. The summed E-state index contributed by atoms with van der Waals surface area (Å²) in [4.78, 5) is 25.2. The molecule has 0 saturated carbocycles. The Labute approximate surface area is 90.2 Å². The zero-order valence-electron chi connectivity index (χ0n) is 7.70. The molecule has 14 heteroatoms. The fourth-order valence-corrected chi connectivity index (χ4v) is 4.73. The Kier molecular flexibility index (Phi) is 5.95. The van der Waals surface area contributed by atoms with Crippen LogP contribution in [0.1, 0.15) is 0 Å². The van der Waals surface area contributed by atoms with E-state index in [4.69, 9.17) is 26.1 Å². The van der Waals surface area contributed by atoms with Gasteiger partial charge in [-0.25, -0.2) is 13.7 Å². The molecule has 1 aliphatic heterocycles. The van der Waals surface area contributed by atoms with Crippen LogP contribution in [0, 0.1) is 0 Å². The first-order valence-electron chi connectivity index (χ1n) is 3.56. The first-order valence-corrected chi connectivity index (χ1v) is 8.05. The van der Waals surface area contributed by atoms with Crippen molar-refractivity contribution in [1.29, 1.82) is 0 Å². The number of rotatable bonds is 1. The van der Waals surface area contributed by atoms with Gasteiger partial charge in [0.15, 0.2) is 0 Å². The minimum absolute atomic E-state index is 0.597. The molecule has 1 rings (SSSR count). The Morgan fingerprint density at radius 2 is 0.938 bits per heavy atom. The molecule has 0 spiro atoms. The van der Waals surface area contributed by atoms with Crippen molar-refractivity contribution in [1.82, 2.24) is 0 Å². The van der Waals surface area contributed by atoms with Gasteiger partial charge in [0, 0.05) is 13.1 Å². The highest BCUT2D eigenvalue weighted by atomic mass is 31.3. The molecule has 0 radical (unpaired) electrons. The lowest BCUT2D eigenvalue weighted by Gasteiger charge is -2.23. The SMILES string of the molecule is NCCN.O=P1(O)OP(=O)(O)OP(=O)(O)O1. The molecule has 0 bridgehead atoms. The minimum Gasteiger partial charge on any atom is -0.329 e. The predicted octanol–water partition coefficient (Wildman–Crippen LogP) is -0.745. The summed E-state index contributed by atoms with van der Waals surface area (Å²) in [5.74, 6) is 0. The van der Waals surface area contributed by atoms with Crippen LogP contribution < -0.4 is 11.5 Å². The second-order valence-corrected chi connectivity index (χ2v) is 7.00. The van der Waals surface area contributed by atoms with Gasteiger partial charge in [-0.15, -0.1) is 0 Å². The van der Waals surface area contributed by atoms with Gasteiger partial charge in [-0.1, -0.05) is 0 Å². The largest absolute Gasteiger partial charge is 0.490 e. The predicted molar refractivity (Wildman–Crippen MR) is 50.8 cm³/mol. The molecule has 11 nitrogen and oxygen atoms in total. The van der Waals surface area contributed by atoms with Crippen molar-refractivity contribution in [2.45, 2.75) is 0 Å². The molecule has 7 N–H and O–H groups in total. The van der Waals surface area contributed by atoms with E-state index in [-0.39, 0.29) is 0 Å². The van der Waals surface area contributed by atoms with E-state index < -0.39 is 23.5 Å². The van der Waals surface area contributed by atoms with E-state index in [9.17, 15) is 13.7 Å². The van der Waals surface area contributed by atoms with Crippen LogP contribution in [0.15, 0.2) is 0 Å². The molecule has 1 saturated heterocycles. The van der Waals surface area contributed by atoms with Gasteiger partial charge in [0.2, 0.25) is 0 Å². The molecule has 1 aliphatic rings. The molecule has 16 heavy (non-hydrogen) atoms. The van der Waals surface area contributed by atoms with Crippen LogP contribution in [-0.4, -0.2) is 27.8 Å². The van der Waals surface area contributed by atoms with E-state index >= 15 is 0 Å². The standard InChI is InChI=1S/C2H8N2.H3O9P3/c3-1-2-4;1-10(2)7-11(3,4)9-12(5,6)8-10/h1-4H2;(H,1,2)(H,3,4)(H,5,6). The average Bonchev–Trinajstić information content (AvgIpc) is 1.95. The highest BCUT2D eigenvalue weighted by Crippen LogP contribution is 2.78. The lowest BCUT2D eigenvalue weighted by atomic mass is 10.7. The van der Waals surface area contributed by atoms with Crippen molar-refractivity contribution in [3.05, 3.63) is 0 Å². The van der Waals surface area contributed by atoms with Gasteiger partial charge in [-0.3, -0.25) is 0 Å². The second kappa shape index (κ2) is 5.81. The van der Waals surface area contributed by atoms with Gasteiger partial charge < -0.3 is 26.1 Å². The van der Waals surface area contributed by atoms with E-state index in [0.717, 1.165) is 0 Å². The van der Waals surface area contributed by atoms with E-state index in [1.165, 1.54) is 0 Å². The van der Waals surface area contributed by atoms with Crippen LogP contribution in [0.5, 0.6) is 0 Å². The first kappa shape index (κ1) is 16.4. The Morgan fingerprint density at radius 1 is 0.750 bits per heavy atom. The van der Waals surface area contributed by atoms with Gasteiger partial charge in [0.25, 0.3) is 0 Å². The quantitative estimate of drug-likeness (QED) is 0.383. The Morgan fingerprint density at radius 3 is 1.06 bits per heavy atom. The summed E-state index contributed by atoms with van der Waals surface area (Å²) in [5.41, 5.74) is 9.81. The first-order chi connectivity index (χ1) is 7.04. The zero-order valence-corrected chi connectivity index (χ0v) is 10.4. The van der Waals surface area contributed by atoms with E-state index in [1.54, 1.807) is 0 Å². The summed E-state index contributed by atoms with van der Waals surface area (Å²) in [7, 11) is -14.9. The van der Waals surface area contributed by atoms with Crippen LogP contribution in [0.25, 0.3) is 0 Å². The lowest BCUT2D eigenvalue weighted by Crippen LogP contribution is -2.11. The topological polar surface area (TPSA) is 192 Å². The fourth-order valence-electron chi connectivity index (χ4n) is 0.436. The Bertz CT molecular complexity index is 295. The molecule has 0 amide bonds. The van der Waals surface area contributed by atoms with Crippen LogP contribution in [-0.2, 0) is 26.6 Å². The molecular weight excluding hydrogens is 289 g/mol. The molecule has 0 aromatic carbocycles. The highest BCUT2D eigenvalue weighted by molar-refractivity contribution is 7.74. The van der Waals surface area contributed by atoms with Gasteiger partial charge in [0.1, 0.15) is 0 Å². The van der Waals surface area contributed by atoms with E-state index in [2.05, 4.69) is 12.9 Å². The number of phosphoric acid groups is 3. The summed E-state index contributed by atoms with van der Waals surface area (Å²) in [6.07, 6.45) is 0. The third kappa shape index (κ3) is 6.85. The van der Waals surface area contributed by atoms with Crippen molar-refractivity contribution < 1.29 is 41.3 Å². The van der Waals surface area contributed by atoms with Gasteiger partial charge in [-0.2, -0.15) is 12.9 Å². The monoisotopic (exact) mass is 300 g/mol. The van der Waals surface area contributed by atoms with Crippen molar-refractivity contribution in [2.24, 2.45) is 11.5 Å². The van der Waals surface area contributed by atoms with Crippen LogP contribution >= 0.6 is 23.5 Å². The van der Waals surface area contributed by atoms with Crippen LogP contribution in [0.2, 0.25) is 0 Å². The van der Waals surface area contributed by atoms with E-state index in [1.807, 2.05) is 0 Å². The molecule has 0 aromatic heterocycles. The summed E-state index contributed by atoms with van der Waals surface area (Å²) in [6.45, 7) is 1.19. The Hall–Kier alpha value is 0.370. The van der Waals surface area contributed by atoms with Crippen LogP contribution in [0.4, 0.5) is 0 Å². The van der Waals surface area contributed by atoms with Crippen molar-refractivity contribution in [2.75, 3.05) is 13.1 Å². The third-order valence-electron chi connectivity index (χ3n) is 0.786. The maximum absolute atomic E-state index is 10.4. The number of hydrogen-bond acceptors (Lipinski definition) is 8. The zero-order chi connectivity index (χ0) is 13.0. The maximum atomic E-state index is 10.4. The fraction of sp³-hybridized carbons (Fsp3) is 1.00. The smallest absolute Gasteiger partial charge is 0.329 e. The molecule has 1 heterocycles. The summed E-state index contributed by atoms with van der Waals surface area (Å²) in [5, 5.41) is 0. The maximum Gasteiger partial charge on any atom is 0.490 e. The molecular formula is C2H11N2O9P3. The molecule has 1 fully saturated rings. The summed E-state index contributed by atoms with van der Waals surface area (Å²) < 4.78 is 41.6. The molecule has 0 unspecified atom stereocenters. The molecule has 0 aliphatic carbocycles. The summed E-state index contributed by atoms with van der Waals surface area (Å²) in [6, 6.07) is 0. The van der Waals surface area contributed by atoms with Crippen molar-refractivity contribution >= 4 is 23.5 Å². The van der Waals surface area contributed by atoms with Gasteiger partial charge >= 0.3 is 23.5 Å². The lowest BCUT2D eigenvalue weighted by molar-refractivity contribution is 0.163. The second-order valence-electron chi connectivity index (χ2n) is 2.23. The molecule has 0 atom stereocenters. The van der Waals surface area contributed by atoms with Gasteiger partial charge in [0.05, 0.1) is 0 Å². The third-order valence-corrected chi connectivity index (χ3v) is 5.74. The Balaban J connectivity index is 0.000000487. The van der Waals surface area contributed by atoms with Crippen molar-refractivity contribution in [3.63, 3.8) is 0 Å². The minimum atomic E-state index is -4.98. The normalized spacial score (nSPS) is 43.3. The van der Waals surface area contributed by atoms with Gasteiger partial charge in [-0.05, 0) is 0 Å². The average molecular weight is 300 g/mol. The molecule has 0 aromatic rings. The summed E-state index contributed by atoms with van der Waals surface area (Å²) >= 11 is 0. The molecule has 98 valence electrons. The van der Waals surface area contributed by atoms with E-state index in [0.29, 0.717) is 13.1 Å². The van der Waals surface area contributed by atoms with Crippen molar-refractivity contribution in [3.8, 4) is 0 Å². The van der Waals surface area contributed by atoms with Crippen LogP contribution in [0.3, 0.4) is 0 Å². The highest BCUT2D eigenvalue weighted by Gasteiger charge is 2.52.